The van der Waals surface area contributed by atoms with Gasteiger partial charge in [-0.1, -0.05) is 48.6 Å². The summed E-state index contributed by atoms with van der Waals surface area (Å²) in [6.45, 7) is 0. The zero-order chi connectivity index (χ0) is 11.9. The topological polar surface area (TPSA) is 12.0 Å². The number of hydrogen-bond acceptors (Lipinski definition) is 1. The summed E-state index contributed by atoms with van der Waals surface area (Å²) in [5.41, 5.74) is 4.03. The third-order valence-electron chi connectivity index (χ3n) is 2.97. The summed E-state index contributed by atoms with van der Waals surface area (Å²) in [6, 6.07) is 0. The molecule has 1 heteroatoms. The summed E-state index contributed by atoms with van der Waals surface area (Å²) in [6.07, 6.45) is 22.8. The second kappa shape index (κ2) is 6.09. The van der Waals surface area contributed by atoms with Crippen molar-refractivity contribution in [3.63, 3.8) is 0 Å². The van der Waals surface area contributed by atoms with Crippen molar-refractivity contribution in [2.45, 2.75) is 19.3 Å². The van der Waals surface area contributed by atoms with E-state index in [1.807, 2.05) is 7.05 Å². The molecule has 0 fully saturated rings. The number of nitrogens with one attached hydrogen (secondary N) is 1. The van der Waals surface area contributed by atoms with Gasteiger partial charge in [0.15, 0.2) is 0 Å². The third kappa shape index (κ3) is 3.63. The minimum Gasteiger partial charge on any atom is -0.391 e. The SMILES string of the molecule is CNC1=CC=C(CC2=CCC=CC=C2)C=CC1. The Bertz CT molecular complexity index is 442. The first kappa shape index (κ1) is 11.7. The van der Waals surface area contributed by atoms with Crippen LogP contribution in [0, 0.1) is 0 Å². The lowest BCUT2D eigenvalue weighted by Gasteiger charge is -2.02. The van der Waals surface area contributed by atoms with Crippen LogP contribution in [0.3, 0.4) is 0 Å². The Labute approximate surface area is 104 Å². The molecule has 2 aliphatic rings. The van der Waals surface area contributed by atoms with Gasteiger partial charge < -0.3 is 5.32 Å². The monoisotopic (exact) mass is 225 g/mol. The molecular formula is C16H19N. The second-order valence-corrected chi connectivity index (χ2v) is 4.27. The molecule has 2 aliphatic carbocycles. The van der Waals surface area contributed by atoms with Crippen LogP contribution in [0.2, 0.25) is 0 Å². The standard InChI is InChI=1S/C16H19N/c1-17-16-10-6-9-15(11-12-16)13-14-7-4-2-3-5-8-14/h2-4,6-9,11-12,17H,5,10,13H2,1H3. The van der Waals surface area contributed by atoms with Gasteiger partial charge in [-0.05, 0) is 30.1 Å². The van der Waals surface area contributed by atoms with Crippen LogP contribution in [0.15, 0.2) is 71.5 Å². The highest BCUT2D eigenvalue weighted by molar-refractivity contribution is 5.37. The zero-order valence-electron chi connectivity index (χ0n) is 10.3. The Morgan fingerprint density at radius 2 is 2.00 bits per heavy atom. The minimum absolute atomic E-state index is 0.993. The molecule has 0 unspecified atom stereocenters. The molecule has 0 radical (unpaired) electrons. The van der Waals surface area contributed by atoms with Crippen molar-refractivity contribution in [2.75, 3.05) is 7.05 Å². The van der Waals surface area contributed by atoms with Crippen molar-refractivity contribution in [3.8, 4) is 0 Å². The summed E-state index contributed by atoms with van der Waals surface area (Å²) >= 11 is 0. The number of rotatable bonds is 3. The van der Waals surface area contributed by atoms with Crippen LogP contribution in [0.1, 0.15) is 19.3 Å². The molecule has 0 aromatic rings. The molecule has 0 atom stereocenters. The Balaban J connectivity index is 2.06. The van der Waals surface area contributed by atoms with Crippen LogP contribution in [0.5, 0.6) is 0 Å². The smallest absolute Gasteiger partial charge is 0.0142 e. The molecule has 0 saturated carbocycles. The van der Waals surface area contributed by atoms with Crippen LogP contribution in [-0.2, 0) is 0 Å². The van der Waals surface area contributed by atoms with Gasteiger partial charge >= 0.3 is 0 Å². The average Bonchev–Trinajstić information content (AvgIpc) is 2.72. The Kier molecular flexibility index (Phi) is 4.20. The maximum atomic E-state index is 3.20. The maximum absolute atomic E-state index is 3.20. The molecule has 0 amide bonds. The fourth-order valence-electron chi connectivity index (χ4n) is 1.96. The van der Waals surface area contributed by atoms with E-state index in [-0.39, 0.29) is 0 Å². The first-order chi connectivity index (χ1) is 8.38. The Morgan fingerprint density at radius 3 is 2.88 bits per heavy atom. The lowest BCUT2D eigenvalue weighted by molar-refractivity contribution is 0.941. The third-order valence-corrected chi connectivity index (χ3v) is 2.97. The van der Waals surface area contributed by atoms with Gasteiger partial charge in [-0.25, -0.2) is 0 Å². The van der Waals surface area contributed by atoms with Crippen LogP contribution >= 0.6 is 0 Å². The Hall–Kier alpha value is -1.76. The van der Waals surface area contributed by atoms with Crippen molar-refractivity contribution < 1.29 is 0 Å². The molecule has 0 saturated heterocycles. The van der Waals surface area contributed by atoms with E-state index in [0.717, 1.165) is 19.3 Å². The largest absolute Gasteiger partial charge is 0.391 e. The van der Waals surface area contributed by atoms with E-state index in [2.05, 4.69) is 60.0 Å². The molecule has 1 N–H and O–H groups in total. The summed E-state index contributed by atoms with van der Waals surface area (Å²) in [5, 5.41) is 3.20. The van der Waals surface area contributed by atoms with E-state index in [1.165, 1.54) is 16.8 Å². The van der Waals surface area contributed by atoms with Crippen molar-refractivity contribution >= 4 is 0 Å². The first-order valence-electron chi connectivity index (χ1n) is 6.15. The van der Waals surface area contributed by atoms with E-state index in [9.17, 15) is 0 Å². The molecule has 0 heterocycles. The molecule has 0 bridgehead atoms. The van der Waals surface area contributed by atoms with Crippen molar-refractivity contribution in [1.82, 2.24) is 5.32 Å². The van der Waals surface area contributed by atoms with E-state index in [1.54, 1.807) is 0 Å². The van der Waals surface area contributed by atoms with Gasteiger partial charge in [0.2, 0.25) is 0 Å². The van der Waals surface area contributed by atoms with Crippen LogP contribution in [-0.4, -0.2) is 7.05 Å². The molecule has 0 aromatic heterocycles. The molecule has 1 nitrogen and oxygen atoms in total. The predicted octanol–water partition coefficient (Wildman–Crippen LogP) is 3.81. The van der Waals surface area contributed by atoms with Gasteiger partial charge in [-0.2, -0.15) is 0 Å². The fraction of sp³-hybridized carbons (Fsp3) is 0.250. The van der Waals surface area contributed by atoms with Gasteiger partial charge in [-0.3, -0.25) is 0 Å². The lowest BCUT2D eigenvalue weighted by Crippen LogP contribution is -2.03. The van der Waals surface area contributed by atoms with E-state index >= 15 is 0 Å². The maximum Gasteiger partial charge on any atom is 0.0142 e. The molecule has 0 spiro atoms. The van der Waals surface area contributed by atoms with Gasteiger partial charge in [0.25, 0.3) is 0 Å². The van der Waals surface area contributed by atoms with Gasteiger partial charge in [-0.15, -0.1) is 0 Å². The predicted molar refractivity (Wildman–Crippen MR) is 74.6 cm³/mol. The van der Waals surface area contributed by atoms with Gasteiger partial charge in [0.1, 0.15) is 0 Å². The van der Waals surface area contributed by atoms with E-state index in [0.29, 0.717) is 0 Å². The summed E-state index contributed by atoms with van der Waals surface area (Å²) in [7, 11) is 1.97. The summed E-state index contributed by atoms with van der Waals surface area (Å²) in [5.74, 6) is 0. The summed E-state index contributed by atoms with van der Waals surface area (Å²) < 4.78 is 0. The second-order valence-electron chi connectivity index (χ2n) is 4.27. The molecule has 0 aromatic carbocycles. The number of allylic oxidation sites excluding steroid dienone is 11. The average molecular weight is 225 g/mol. The zero-order valence-corrected chi connectivity index (χ0v) is 10.3. The summed E-state index contributed by atoms with van der Waals surface area (Å²) in [4.78, 5) is 0. The molecule has 17 heavy (non-hydrogen) atoms. The molecule has 88 valence electrons. The van der Waals surface area contributed by atoms with E-state index < -0.39 is 0 Å². The highest BCUT2D eigenvalue weighted by Gasteiger charge is 2.01. The van der Waals surface area contributed by atoms with Crippen LogP contribution in [0.25, 0.3) is 0 Å². The molecule has 0 aliphatic heterocycles. The van der Waals surface area contributed by atoms with E-state index in [4.69, 9.17) is 0 Å². The van der Waals surface area contributed by atoms with Crippen molar-refractivity contribution in [2.24, 2.45) is 0 Å². The fourth-order valence-corrected chi connectivity index (χ4v) is 1.96. The van der Waals surface area contributed by atoms with Gasteiger partial charge in [0.05, 0.1) is 0 Å². The van der Waals surface area contributed by atoms with Crippen LogP contribution in [0.4, 0.5) is 0 Å². The number of hydrogen-bond donors (Lipinski definition) is 1. The lowest BCUT2D eigenvalue weighted by atomic mass is 10.0. The van der Waals surface area contributed by atoms with Crippen molar-refractivity contribution in [1.29, 1.82) is 0 Å². The first-order valence-corrected chi connectivity index (χ1v) is 6.15. The minimum atomic E-state index is 0.993. The normalized spacial score (nSPS) is 19.0. The van der Waals surface area contributed by atoms with Gasteiger partial charge in [0, 0.05) is 19.2 Å². The quantitative estimate of drug-likeness (QED) is 0.770. The highest BCUT2D eigenvalue weighted by Crippen LogP contribution is 2.19. The highest BCUT2D eigenvalue weighted by atomic mass is 14.8. The van der Waals surface area contributed by atoms with Crippen molar-refractivity contribution in [3.05, 3.63) is 71.5 Å². The Morgan fingerprint density at radius 1 is 1.06 bits per heavy atom. The molecular weight excluding hydrogens is 206 g/mol. The van der Waals surface area contributed by atoms with Crippen LogP contribution < -0.4 is 5.32 Å². The molecule has 2 rings (SSSR count).